The van der Waals surface area contributed by atoms with Crippen molar-refractivity contribution in [3.63, 3.8) is 0 Å². The fraction of sp³-hybridized carbons (Fsp3) is 0.643. The summed E-state index contributed by atoms with van der Waals surface area (Å²) in [5.41, 5.74) is 0. The third kappa shape index (κ3) is 7.77. The van der Waals surface area contributed by atoms with Crippen molar-refractivity contribution < 1.29 is 0 Å². The van der Waals surface area contributed by atoms with E-state index in [1.54, 1.807) is 0 Å². The molecule has 19 heavy (non-hydrogen) atoms. The first kappa shape index (κ1) is 18.7. The van der Waals surface area contributed by atoms with E-state index in [-0.39, 0.29) is 24.0 Å². The first-order valence-corrected chi connectivity index (χ1v) is 7.35. The van der Waals surface area contributed by atoms with E-state index >= 15 is 0 Å². The molecule has 110 valence electrons. The van der Waals surface area contributed by atoms with Crippen molar-refractivity contribution in [3.8, 4) is 0 Å². The summed E-state index contributed by atoms with van der Waals surface area (Å²) in [6.45, 7) is 9.67. The molecule has 0 aliphatic rings. The summed E-state index contributed by atoms with van der Waals surface area (Å²) < 4.78 is 0. The lowest BCUT2D eigenvalue weighted by atomic mass is 10.2. The minimum absolute atomic E-state index is 0. The van der Waals surface area contributed by atoms with Crippen LogP contribution in [0.2, 0.25) is 0 Å². The zero-order chi connectivity index (χ0) is 13.5. The van der Waals surface area contributed by atoms with Gasteiger partial charge >= 0.3 is 0 Å². The zero-order valence-corrected chi connectivity index (χ0v) is 15.6. The highest BCUT2D eigenvalue weighted by Crippen LogP contribution is 2.16. The third-order valence-corrected chi connectivity index (χ3v) is 3.61. The van der Waals surface area contributed by atoms with Crippen molar-refractivity contribution >= 4 is 41.3 Å². The maximum Gasteiger partial charge on any atom is 0.191 e. The van der Waals surface area contributed by atoms with E-state index in [1.807, 2.05) is 18.4 Å². The minimum Gasteiger partial charge on any atom is -0.356 e. The molecule has 1 atom stereocenters. The number of hydrogen-bond acceptors (Lipinski definition) is 2. The second-order valence-corrected chi connectivity index (χ2v) is 6.48. The van der Waals surface area contributed by atoms with Gasteiger partial charge in [-0.25, -0.2) is 0 Å². The molecule has 0 aliphatic heterocycles. The van der Waals surface area contributed by atoms with Crippen LogP contribution in [0.5, 0.6) is 0 Å². The standard InChI is InChI=1S/C14H25N3S.HI/c1-10(2)9-16-14(15-5)17-11(3)8-13-7-6-12(4)18-13;/h6-7,10-11H,8-9H2,1-5H3,(H2,15,16,17);1H. The molecule has 0 fully saturated rings. The van der Waals surface area contributed by atoms with Gasteiger partial charge in [0, 0.05) is 35.8 Å². The molecule has 0 bridgehead atoms. The molecule has 1 aromatic rings. The molecule has 2 N–H and O–H groups in total. The normalized spacial score (nSPS) is 13.1. The largest absolute Gasteiger partial charge is 0.356 e. The molecule has 1 heterocycles. The molecule has 1 aromatic heterocycles. The quantitative estimate of drug-likeness (QED) is 0.455. The van der Waals surface area contributed by atoms with Crippen molar-refractivity contribution in [1.29, 1.82) is 0 Å². The lowest BCUT2D eigenvalue weighted by Gasteiger charge is -2.18. The average Bonchev–Trinajstić information content (AvgIpc) is 2.69. The second kappa shape index (κ2) is 9.58. The van der Waals surface area contributed by atoms with Crippen LogP contribution in [0.25, 0.3) is 0 Å². The highest BCUT2D eigenvalue weighted by Gasteiger charge is 2.07. The molecule has 5 heteroatoms. The molecule has 0 spiro atoms. The summed E-state index contributed by atoms with van der Waals surface area (Å²) in [4.78, 5) is 7.04. The monoisotopic (exact) mass is 395 g/mol. The van der Waals surface area contributed by atoms with Crippen LogP contribution in [0.3, 0.4) is 0 Å². The molecule has 0 amide bonds. The summed E-state index contributed by atoms with van der Waals surface area (Å²) in [5, 5.41) is 6.76. The van der Waals surface area contributed by atoms with Gasteiger partial charge in [0.25, 0.3) is 0 Å². The van der Waals surface area contributed by atoms with Crippen LogP contribution >= 0.6 is 35.3 Å². The Morgan fingerprint density at radius 2 is 2.00 bits per heavy atom. The first-order chi connectivity index (χ1) is 8.51. The smallest absolute Gasteiger partial charge is 0.191 e. The van der Waals surface area contributed by atoms with Gasteiger partial charge in [-0.1, -0.05) is 13.8 Å². The Labute approximate surface area is 138 Å². The van der Waals surface area contributed by atoms with Gasteiger partial charge in [-0.15, -0.1) is 35.3 Å². The predicted octanol–water partition coefficient (Wildman–Crippen LogP) is 3.43. The molecule has 0 aromatic carbocycles. The Kier molecular flexibility index (Phi) is 9.43. The molecular weight excluding hydrogens is 369 g/mol. The number of halogens is 1. The van der Waals surface area contributed by atoms with Gasteiger partial charge in [0.2, 0.25) is 0 Å². The molecule has 0 saturated carbocycles. The Morgan fingerprint density at radius 3 is 2.47 bits per heavy atom. The summed E-state index contributed by atoms with van der Waals surface area (Å²) >= 11 is 1.87. The molecular formula is C14H26IN3S. The van der Waals surface area contributed by atoms with Gasteiger partial charge in [0.1, 0.15) is 0 Å². The highest BCUT2D eigenvalue weighted by molar-refractivity contribution is 14.0. The number of thiophene rings is 1. The topological polar surface area (TPSA) is 36.4 Å². The molecule has 0 radical (unpaired) electrons. The van der Waals surface area contributed by atoms with Crippen molar-refractivity contribution in [2.24, 2.45) is 10.9 Å². The second-order valence-electron chi connectivity index (χ2n) is 5.11. The van der Waals surface area contributed by atoms with E-state index in [2.05, 4.69) is 55.5 Å². The maximum atomic E-state index is 4.24. The van der Waals surface area contributed by atoms with Crippen LogP contribution in [-0.2, 0) is 6.42 Å². The van der Waals surface area contributed by atoms with Gasteiger partial charge in [-0.05, 0) is 31.9 Å². The van der Waals surface area contributed by atoms with Crippen molar-refractivity contribution in [3.05, 3.63) is 21.9 Å². The number of hydrogen-bond donors (Lipinski definition) is 2. The molecule has 1 rings (SSSR count). The summed E-state index contributed by atoms with van der Waals surface area (Å²) in [7, 11) is 1.82. The Balaban J connectivity index is 0.00000324. The molecule has 0 saturated heterocycles. The average molecular weight is 395 g/mol. The number of nitrogens with zero attached hydrogens (tertiary/aromatic N) is 1. The fourth-order valence-electron chi connectivity index (χ4n) is 1.68. The highest BCUT2D eigenvalue weighted by atomic mass is 127. The maximum absolute atomic E-state index is 4.24. The molecule has 3 nitrogen and oxygen atoms in total. The van der Waals surface area contributed by atoms with Crippen molar-refractivity contribution in [1.82, 2.24) is 10.6 Å². The number of aliphatic imine (C=N–C) groups is 1. The van der Waals surface area contributed by atoms with Gasteiger partial charge in [0.15, 0.2) is 5.96 Å². The van der Waals surface area contributed by atoms with Gasteiger partial charge in [-0.3, -0.25) is 4.99 Å². The number of aryl methyl sites for hydroxylation is 1. The number of nitrogens with one attached hydrogen (secondary N) is 2. The van der Waals surface area contributed by atoms with E-state index in [0.717, 1.165) is 18.9 Å². The van der Waals surface area contributed by atoms with Crippen molar-refractivity contribution in [2.75, 3.05) is 13.6 Å². The fourth-order valence-corrected chi connectivity index (χ4v) is 2.70. The molecule has 1 unspecified atom stereocenters. The van der Waals surface area contributed by atoms with Gasteiger partial charge < -0.3 is 10.6 Å². The summed E-state index contributed by atoms with van der Waals surface area (Å²) in [6, 6.07) is 4.78. The molecule has 0 aliphatic carbocycles. The van der Waals surface area contributed by atoms with Crippen molar-refractivity contribution in [2.45, 2.75) is 40.2 Å². The summed E-state index contributed by atoms with van der Waals surface area (Å²) in [6.07, 6.45) is 1.04. The Morgan fingerprint density at radius 1 is 1.32 bits per heavy atom. The SMILES string of the molecule is CN=C(NCC(C)C)NC(C)Cc1ccc(C)s1.I. The van der Waals surface area contributed by atoms with Gasteiger partial charge in [-0.2, -0.15) is 0 Å². The Hall–Kier alpha value is -0.300. The van der Waals surface area contributed by atoms with Crippen LogP contribution in [0.1, 0.15) is 30.5 Å². The first-order valence-electron chi connectivity index (χ1n) is 6.53. The number of rotatable bonds is 5. The van der Waals surface area contributed by atoms with E-state index < -0.39 is 0 Å². The van der Waals surface area contributed by atoms with E-state index in [9.17, 15) is 0 Å². The lowest BCUT2D eigenvalue weighted by molar-refractivity contribution is 0.594. The Bertz CT molecular complexity index is 388. The van der Waals surface area contributed by atoms with Gasteiger partial charge in [0.05, 0.1) is 0 Å². The minimum atomic E-state index is 0. The third-order valence-electron chi connectivity index (χ3n) is 2.59. The van der Waals surface area contributed by atoms with Crippen LogP contribution in [0.4, 0.5) is 0 Å². The zero-order valence-electron chi connectivity index (χ0n) is 12.5. The van der Waals surface area contributed by atoms with E-state index in [4.69, 9.17) is 0 Å². The van der Waals surface area contributed by atoms with E-state index in [1.165, 1.54) is 9.75 Å². The lowest BCUT2D eigenvalue weighted by Crippen LogP contribution is -2.44. The van der Waals surface area contributed by atoms with Crippen LogP contribution < -0.4 is 10.6 Å². The number of guanidine groups is 1. The summed E-state index contributed by atoms with van der Waals surface area (Å²) in [5.74, 6) is 1.52. The van der Waals surface area contributed by atoms with Crippen LogP contribution in [0, 0.1) is 12.8 Å². The predicted molar refractivity (Wildman–Crippen MR) is 97.0 cm³/mol. The van der Waals surface area contributed by atoms with Crippen LogP contribution in [0.15, 0.2) is 17.1 Å². The van der Waals surface area contributed by atoms with Crippen LogP contribution in [-0.4, -0.2) is 25.6 Å². The van der Waals surface area contributed by atoms with E-state index in [0.29, 0.717) is 12.0 Å².